The van der Waals surface area contributed by atoms with Gasteiger partial charge >= 0.3 is 0 Å². The minimum absolute atomic E-state index is 0.0793. The third-order valence-electron chi connectivity index (χ3n) is 2.60. The van der Waals surface area contributed by atoms with Gasteiger partial charge < -0.3 is 0 Å². The molecule has 63 valence electrons. The number of halogens is 1. The van der Waals surface area contributed by atoms with Gasteiger partial charge in [-0.1, -0.05) is 25.0 Å². The lowest BCUT2D eigenvalue weighted by atomic mass is 9.97. The molecule has 2 rings (SSSR count). The van der Waals surface area contributed by atoms with Crippen LogP contribution < -0.4 is 0 Å². The fourth-order valence-corrected chi connectivity index (χ4v) is 1.96. The molecule has 0 atom stereocenters. The van der Waals surface area contributed by atoms with Crippen LogP contribution >= 0.6 is 0 Å². The highest BCUT2D eigenvalue weighted by Crippen LogP contribution is 2.34. The second kappa shape index (κ2) is 3.26. The molecule has 0 bridgehead atoms. The SMILES string of the molecule is Fc1ccc[c]c1C1CCCC1. The third kappa shape index (κ3) is 1.36. The van der Waals surface area contributed by atoms with E-state index >= 15 is 0 Å². The fourth-order valence-electron chi connectivity index (χ4n) is 1.96. The molecular weight excluding hydrogens is 151 g/mol. The van der Waals surface area contributed by atoms with Crippen LogP contribution in [0.25, 0.3) is 0 Å². The lowest BCUT2D eigenvalue weighted by molar-refractivity contribution is 0.579. The summed E-state index contributed by atoms with van der Waals surface area (Å²) in [6, 6.07) is 8.04. The largest absolute Gasteiger partial charge is 0.207 e. The summed E-state index contributed by atoms with van der Waals surface area (Å²) in [7, 11) is 0. The standard InChI is InChI=1S/C11H12F/c12-11-8-4-3-7-10(11)9-5-1-2-6-9/h3-4,8-9H,1-2,5-6H2. The molecule has 0 heterocycles. The van der Waals surface area contributed by atoms with Crippen molar-refractivity contribution in [2.75, 3.05) is 0 Å². The summed E-state index contributed by atoms with van der Waals surface area (Å²) >= 11 is 0. The molecule has 1 aromatic carbocycles. The summed E-state index contributed by atoms with van der Waals surface area (Å²) in [4.78, 5) is 0. The summed E-state index contributed by atoms with van der Waals surface area (Å²) in [5.74, 6) is 0.357. The molecule has 1 saturated carbocycles. The van der Waals surface area contributed by atoms with Crippen LogP contribution in [0.5, 0.6) is 0 Å². The molecule has 0 N–H and O–H groups in total. The van der Waals surface area contributed by atoms with Crippen molar-refractivity contribution in [1.29, 1.82) is 0 Å². The lowest BCUT2D eigenvalue weighted by Gasteiger charge is -2.08. The van der Waals surface area contributed by atoms with Crippen molar-refractivity contribution in [2.45, 2.75) is 31.6 Å². The first-order valence-electron chi connectivity index (χ1n) is 4.54. The zero-order valence-electron chi connectivity index (χ0n) is 7.02. The topological polar surface area (TPSA) is 0 Å². The fraction of sp³-hybridized carbons (Fsp3) is 0.455. The third-order valence-corrected chi connectivity index (χ3v) is 2.60. The minimum Gasteiger partial charge on any atom is -0.207 e. The van der Waals surface area contributed by atoms with Crippen LogP contribution in [0.3, 0.4) is 0 Å². The van der Waals surface area contributed by atoms with E-state index in [1.807, 2.05) is 0 Å². The monoisotopic (exact) mass is 163 g/mol. The van der Waals surface area contributed by atoms with Crippen molar-refractivity contribution in [3.05, 3.63) is 35.6 Å². The van der Waals surface area contributed by atoms with Crippen molar-refractivity contribution in [2.24, 2.45) is 0 Å². The molecule has 12 heavy (non-hydrogen) atoms. The Labute approximate surface area is 72.4 Å². The Balaban J connectivity index is 2.26. The van der Waals surface area contributed by atoms with Gasteiger partial charge in [-0.2, -0.15) is 0 Å². The Morgan fingerprint density at radius 3 is 2.75 bits per heavy atom. The summed E-state index contributed by atoms with van der Waals surface area (Å²) in [5, 5.41) is 0. The van der Waals surface area contributed by atoms with E-state index in [1.165, 1.54) is 18.9 Å². The maximum absolute atomic E-state index is 13.2. The highest BCUT2D eigenvalue weighted by atomic mass is 19.1. The highest BCUT2D eigenvalue weighted by molar-refractivity contribution is 5.20. The second-order valence-corrected chi connectivity index (χ2v) is 3.41. The predicted octanol–water partition coefficient (Wildman–Crippen LogP) is 3.28. The molecule has 0 aliphatic heterocycles. The molecular formula is C11H12F. The average Bonchev–Trinajstić information content (AvgIpc) is 2.57. The Morgan fingerprint density at radius 1 is 1.33 bits per heavy atom. The Hall–Kier alpha value is -0.850. The van der Waals surface area contributed by atoms with Gasteiger partial charge in [-0.3, -0.25) is 0 Å². The quantitative estimate of drug-likeness (QED) is 0.596. The summed E-state index contributed by atoms with van der Waals surface area (Å²) in [6.45, 7) is 0. The van der Waals surface area contributed by atoms with Gasteiger partial charge in [0.05, 0.1) is 0 Å². The first kappa shape index (κ1) is 7.78. The Kier molecular flexibility index (Phi) is 2.11. The van der Waals surface area contributed by atoms with Crippen molar-refractivity contribution in [3.8, 4) is 0 Å². The van der Waals surface area contributed by atoms with E-state index in [0.29, 0.717) is 5.92 Å². The molecule has 0 spiro atoms. The van der Waals surface area contributed by atoms with Crippen LogP contribution in [0.1, 0.15) is 37.2 Å². The average molecular weight is 163 g/mol. The molecule has 0 aromatic heterocycles. The van der Waals surface area contributed by atoms with Crippen molar-refractivity contribution >= 4 is 0 Å². The summed E-state index contributed by atoms with van der Waals surface area (Å²) < 4.78 is 13.2. The van der Waals surface area contributed by atoms with E-state index in [-0.39, 0.29) is 5.82 Å². The van der Waals surface area contributed by atoms with Crippen LogP contribution in [0.15, 0.2) is 18.2 Å². The van der Waals surface area contributed by atoms with Gasteiger partial charge in [-0.05, 0) is 36.5 Å². The molecule has 1 radical (unpaired) electrons. The summed E-state index contributed by atoms with van der Waals surface area (Å²) in [6.07, 6.45) is 4.76. The molecule has 0 nitrogen and oxygen atoms in total. The van der Waals surface area contributed by atoms with E-state index in [1.54, 1.807) is 12.1 Å². The van der Waals surface area contributed by atoms with E-state index in [0.717, 1.165) is 18.4 Å². The van der Waals surface area contributed by atoms with Gasteiger partial charge in [-0.25, -0.2) is 4.39 Å². The molecule has 0 saturated heterocycles. The predicted molar refractivity (Wildman–Crippen MR) is 46.4 cm³/mol. The van der Waals surface area contributed by atoms with Crippen LogP contribution in [0, 0.1) is 11.9 Å². The number of benzene rings is 1. The molecule has 1 fully saturated rings. The van der Waals surface area contributed by atoms with Crippen LogP contribution in [0.2, 0.25) is 0 Å². The van der Waals surface area contributed by atoms with Crippen molar-refractivity contribution in [1.82, 2.24) is 0 Å². The molecule has 1 aliphatic carbocycles. The highest BCUT2D eigenvalue weighted by Gasteiger charge is 2.19. The number of hydrogen-bond acceptors (Lipinski definition) is 0. The van der Waals surface area contributed by atoms with Crippen LogP contribution in [-0.2, 0) is 0 Å². The Bertz CT molecular complexity index is 261. The van der Waals surface area contributed by atoms with Gasteiger partial charge in [-0.15, -0.1) is 0 Å². The first-order chi connectivity index (χ1) is 5.88. The van der Waals surface area contributed by atoms with E-state index in [2.05, 4.69) is 6.07 Å². The zero-order valence-corrected chi connectivity index (χ0v) is 7.02. The molecule has 0 amide bonds. The van der Waals surface area contributed by atoms with Crippen LogP contribution in [0.4, 0.5) is 4.39 Å². The van der Waals surface area contributed by atoms with Gasteiger partial charge in [0, 0.05) is 0 Å². The molecule has 0 unspecified atom stereocenters. The molecule has 1 heteroatoms. The van der Waals surface area contributed by atoms with E-state index in [9.17, 15) is 4.39 Å². The smallest absolute Gasteiger partial charge is 0.127 e. The zero-order chi connectivity index (χ0) is 8.39. The lowest BCUT2D eigenvalue weighted by Crippen LogP contribution is -1.95. The van der Waals surface area contributed by atoms with Gasteiger partial charge in [0.1, 0.15) is 5.82 Å². The van der Waals surface area contributed by atoms with Gasteiger partial charge in [0.2, 0.25) is 0 Å². The van der Waals surface area contributed by atoms with Crippen molar-refractivity contribution < 1.29 is 4.39 Å². The van der Waals surface area contributed by atoms with Gasteiger partial charge in [0.15, 0.2) is 0 Å². The maximum Gasteiger partial charge on any atom is 0.127 e. The maximum atomic E-state index is 13.2. The number of rotatable bonds is 1. The summed E-state index contributed by atoms with van der Waals surface area (Å²) in [5.41, 5.74) is 0.801. The van der Waals surface area contributed by atoms with E-state index < -0.39 is 0 Å². The first-order valence-corrected chi connectivity index (χ1v) is 4.54. The minimum atomic E-state index is -0.0793. The van der Waals surface area contributed by atoms with Gasteiger partial charge in [0.25, 0.3) is 0 Å². The number of hydrogen-bond donors (Lipinski definition) is 0. The Morgan fingerprint density at radius 2 is 2.08 bits per heavy atom. The molecule has 1 aliphatic rings. The van der Waals surface area contributed by atoms with Crippen LogP contribution in [-0.4, -0.2) is 0 Å². The second-order valence-electron chi connectivity index (χ2n) is 3.41. The normalized spacial score (nSPS) is 18.4. The molecule has 1 aromatic rings. The van der Waals surface area contributed by atoms with E-state index in [4.69, 9.17) is 0 Å². The van der Waals surface area contributed by atoms with Crippen molar-refractivity contribution in [3.63, 3.8) is 0 Å².